The fourth-order valence-electron chi connectivity index (χ4n) is 2.43. The van der Waals surface area contributed by atoms with E-state index in [4.69, 9.17) is 0 Å². The molecular formula is C13H25N3O. The van der Waals surface area contributed by atoms with E-state index in [2.05, 4.69) is 22.9 Å². The van der Waals surface area contributed by atoms with E-state index >= 15 is 0 Å². The molecule has 17 heavy (non-hydrogen) atoms. The standard InChI is InChI=1S/C13H25N3O/c1-2-9-14-10-3-5-11(6-4-10)15-13(17)16-12-7-8-12/h10-12,14H,2-9H2,1H3,(H2,15,16,17). The molecule has 2 amide bonds. The summed E-state index contributed by atoms with van der Waals surface area (Å²) >= 11 is 0. The topological polar surface area (TPSA) is 53.2 Å². The number of amides is 2. The number of carbonyl (C=O) groups is 1. The lowest BCUT2D eigenvalue weighted by atomic mass is 9.91. The molecule has 0 aromatic rings. The van der Waals surface area contributed by atoms with Crippen molar-refractivity contribution in [3.63, 3.8) is 0 Å². The Hall–Kier alpha value is -0.770. The van der Waals surface area contributed by atoms with Crippen LogP contribution in [-0.2, 0) is 0 Å². The van der Waals surface area contributed by atoms with Gasteiger partial charge in [-0.2, -0.15) is 0 Å². The van der Waals surface area contributed by atoms with E-state index in [0.717, 1.165) is 32.2 Å². The number of nitrogens with one attached hydrogen (secondary N) is 3. The van der Waals surface area contributed by atoms with Crippen LogP contribution in [0.2, 0.25) is 0 Å². The second kappa shape index (κ2) is 6.24. The third-order valence-corrected chi connectivity index (χ3v) is 3.66. The minimum Gasteiger partial charge on any atom is -0.335 e. The molecule has 0 radical (unpaired) electrons. The maximum absolute atomic E-state index is 11.6. The lowest BCUT2D eigenvalue weighted by Gasteiger charge is -2.29. The Morgan fingerprint density at radius 2 is 1.41 bits per heavy atom. The van der Waals surface area contributed by atoms with E-state index in [1.54, 1.807) is 0 Å². The van der Waals surface area contributed by atoms with Crippen LogP contribution in [0.5, 0.6) is 0 Å². The highest BCUT2D eigenvalue weighted by molar-refractivity contribution is 5.74. The first kappa shape index (κ1) is 12.7. The van der Waals surface area contributed by atoms with E-state index in [9.17, 15) is 4.79 Å². The van der Waals surface area contributed by atoms with E-state index in [0.29, 0.717) is 18.1 Å². The summed E-state index contributed by atoms with van der Waals surface area (Å²) in [5, 5.41) is 9.63. The van der Waals surface area contributed by atoms with Gasteiger partial charge in [0.15, 0.2) is 0 Å². The van der Waals surface area contributed by atoms with Crippen molar-refractivity contribution in [1.29, 1.82) is 0 Å². The Labute approximate surface area is 104 Å². The van der Waals surface area contributed by atoms with Crippen LogP contribution < -0.4 is 16.0 Å². The molecule has 2 rings (SSSR count). The van der Waals surface area contributed by atoms with Gasteiger partial charge in [0, 0.05) is 18.1 Å². The molecule has 0 heterocycles. The molecule has 0 saturated heterocycles. The summed E-state index contributed by atoms with van der Waals surface area (Å²) in [6.45, 7) is 3.31. The van der Waals surface area contributed by atoms with Crippen molar-refractivity contribution in [2.24, 2.45) is 0 Å². The highest BCUT2D eigenvalue weighted by Crippen LogP contribution is 2.20. The molecule has 4 nitrogen and oxygen atoms in total. The van der Waals surface area contributed by atoms with Crippen molar-refractivity contribution in [2.75, 3.05) is 6.54 Å². The van der Waals surface area contributed by atoms with Crippen molar-refractivity contribution in [2.45, 2.75) is 70.0 Å². The van der Waals surface area contributed by atoms with Crippen molar-refractivity contribution in [3.8, 4) is 0 Å². The monoisotopic (exact) mass is 239 g/mol. The van der Waals surface area contributed by atoms with Crippen LogP contribution in [0.1, 0.15) is 51.9 Å². The highest BCUT2D eigenvalue weighted by Gasteiger charge is 2.26. The number of carbonyl (C=O) groups excluding carboxylic acids is 1. The lowest BCUT2D eigenvalue weighted by molar-refractivity contribution is 0.229. The molecule has 0 spiro atoms. The summed E-state index contributed by atoms with van der Waals surface area (Å²) in [6.07, 6.45) is 8.10. The van der Waals surface area contributed by atoms with E-state index in [-0.39, 0.29) is 6.03 Å². The minimum absolute atomic E-state index is 0.0393. The highest BCUT2D eigenvalue weighted by atomic mass is 16.2. The molecule has 98 valence electrons. The Kier molecular flexibility index (Phi) is 4.66. The molecule has 0 aromatic heterocycles. The fourth-order valence-corrected chi connectivity index (χ4v) is 2.43. The molecule has 0 aliphatic heterocycles. The minimum atomic E-state index is 0.0393. The average molecular weight is 239 g/mol. The van der Waals surface area contributed by atoms with Gasteiger partial charge in [0.1, 0.15) is 0 Å². The predicted molar refractivity (Wildman–Crippen MR) is 69.0 cm³/mol. The van der Waals surface area contributed by atoms with Crippen LogP contribution in [0.3, 0.4) is 0 Å². The van der Waals surface area contributed by atoms with Gasteiger partial charge in [-0.3, -0.25) is 0 Å². The van der Waals surface area contributed by atoms with Crippen molar-refractivity contribution < 1.29 is 4.79 Å². The third kappa shape index (κ3) is 4.54. The molecular weight excluding hydrogens is 214 g/mol. The second-order valence-electron chi connectivity index (χ2n) is 5.39. The predicted octanol–water partition coefficient (Wildman–Crippen LogP) is 1.76. The van der Waals surface area contributed by atoms with Crippen LogP contribution in [0.4, 0.5) is 4.79 Å². The van der Waals surface area contributed by atoms with E-state index < -0.39 is 0 Å². The number of urea groups is 1. The fraction of sp³-hybridized carbons (Fsp3) is 0.923. The van der Waals surface area contributed by atoms with E-state index in [1.165, 1.54) is 19.3 Å². The summed E-state index contributed by atoms with van der Waals surface area (Å²) in [7, 11) is 0. The van der Waals surface area contributed by atoms with Crippen LogP contribution in [0.15, 0.2) is 0 Å². The van der Waals surface area contributed by atoms with Crippen molar-refractivity contribution in [1.82, 2.24) is 16.0 Å². The first-order valence-electron chi connectivity index (χ1n) is 7.08. The molecule has 0 unspecified atom stereocenters. The number of hydrogen-bond donors (Lipinski definition) is 3. The summed E-state index contributed by atoms with van der Waals surface area (Å²) in [5.41, 5.74) is 0. The summed E-state index contributed by atoms with van der Waals surface area (Å²) in [6, 6.07) is 1.54. The van der Waals surface area contributed by atoms with Crippen LogP contribution in [0.25, 0.3) is 0 Å². The Morgan fingerprint density at radius 3 is 1.88 bits per heavy atom. The first-order chi connectivity index (χ1) is 8.28. The van der Waals surface area contributed by atoms with Gasteiger partial charge in [0.05, 0.1) is 0 Å². The van der Waals surface area contributed by atoms with Gasteiger partial charge in [-0.25, -0.2) is 4.79 Å². The Bertz CT molecular complexity index is 245. The zero-order valence-corrected chi connectivity index (χ0v) is 10.8. The maximum Gasteiger partial charge on any atom is 0.315 e. The van der Waals surface area contributed by atoms with Gasteiger partial charge in [-0.15, -0.1) is 0 Å². The van der Waals surface area contributed by atoms with Crippen LogP contribution in [0, 0.1) is 0 Å². The van der Waals surface area contributed by atoms with Gasteiger partial charge >= 0.3 is 6.03 Å². The molecule has 0 aromatic carbocycles. The van der Waals surface area contributed by atoms with Gasteiger partial charge in [-0.05, 0) is 51.5 Å². The zero-order valence-electron chi connectivity index (χ0n) is 10.8. The molecule has 2 saturated carbocycles. The third-order valence-electron chi connectivity index (χ3n) is 3.66. The molecule has 2 aliphatic rings. The van der Waals surface area contributed by atoms with Crippen LogP contribution >= 0.6 is 0 Å². The van der Waals surface area contributed by atoms with Crippen LogP contribution in [-0.4, -0.2) is 30.7 Å². The van der Waals surface area contributed by atoms with Gasteiger partial charge in [-0.1, -0.05) is 6.92 Å². The number of rotatable bonds is 5. The Morgan fingerprint density at radius 1 is 0.941 bits per heavy atom. The van der Waals surface area contributed by atoms with Gasteiger partial charge < -0.3 is 16.0 Å². The van der Waals surface area contributed by atoms with Crippen molar-refractivity contribution >= 4 is 6.03 Å². The lowest BCUT2D eigenvalue weighted by Crippen LogP contribution is -2.46. The average Bonchev–Trinajstić information content (AvgIpc) is 3.12. The summed E-state index contributed by atoms with van der Waals surface area (Å²) in [5.74, 6) is 0. The number of hydrogen-bond acceptors (Lipinski definition) is 2. The molecule has 3 N–H and O–H groups in total. The molecule has 0 bridgehead atoms. The second-order valence-corrected chi connectivity index (χ2v) is 5.39. The zero-order chi connectivity index (χ0) is 12.1. The summed E-state index contributed by atoms with van der Waals surface area (Å²) < 4.78 is 0. The Balaban J connectivity index is 1.59. The normalized spacial score (nSPS) is 28.8. The quantitative estimate of drug-likeness (QED) is 0.685. The largest absolute Gasteiger partial charge is 0.335 e. The van der Waals surface area contributed by atoms with Gasteiger partial charge in [0.2, 0.25) is 0 Å². The maximum atomic E-state index is 11.6. The first-order valence-corrected chi connectivity index (χ1v) is 7.08. The summed E-state index contributed by atoms with van der Waals surface area (Å²) in [4.78, 5) is 11.6. The molecule has 2 fully saturated rings. The molecule has 4 heteroatoms. The smallest absolute Gasteiger partial charge is 0.315 e. The van der Waals surface area contributed by atoms with Gasteiger partial charge in [0.25, 0.3) is 0 Å². The van der Waals surface area contributed by atoms with Crippen molar-refractivity contribution in [3.05, 3.63) is 0 Å². The van der Waals surface area contributed by atoms with E-state index in [1.807, 2.05) is 0 Å². The molecule has 2 aliphatic carbocycles. The molecule has 0 atom stereocenters. The SMILES string of the molecule is CCCNC1CCC(NC(=O)NC2CC2)CC1.